The molecule has 0 heterocycles. The van der Waals surface area contributed by atoms with Crippen molar-refractivity contribution in [1.29, 1.82) is 0 Å². The average Bonchev–Trinajstić information content (AvgIpc) is 2.37. The summed E-state index contributed by atoms with van der Waals surface area (Å²) in [7, 11) is 0. The second kappa shape index (κ2) is 5.04. The Balaban J connectivity index is 0.000000810. The number of aliphatic hydroxyl groups is 1. The van der Waals surface area contributed by atoms with Gasteiger partial charge in [0.25, 0.3) is 0 Å². The van der Waals surface area contributed by atoms with Gasteiger partial charge >= 0.3 is 0 Å². The molecule has 0 aromatic heterocycles. The molecule has 1 rings (SSSR count). The molecule has 1 unspecified atom stereocenters. The van der Waals surface area contributed by atoms with Crippen LogP contribution in [0.1, 0.15) is 6.92 Å². The van der Waals surface area contributed by atoms with Gasteiger partial charge in [0, 0.05) is 38.7 Å². The van der Waals surface area contributed by atoms with Crippen LogP contribution in [0.5, 0.6) is 0 Å². The Bertz CT molecular complexity index is 128. The molecule has 1 atom stereocenters. The molecule has 0 spiro atoms. The van der Waals surface area contributed by atoms with Crippen molar-refractivity contribution < 1.29 is 31.3 Å². The molecule has 0 aromatic rings. The van der Waals surface area contributed by atoms with Crippen molar-refractivity contribution in [1.82, 2.24) is 0 Å². The molecule has 0 radical (unpaired) electrons. The molecule has 1 aliphatic carbocycles. The van der Waals surface area contributed by atoms with Gasteiger partial charge in [-0.15, -0.1) is 0 Å². The molecule has 1 nitrogen and oxygen atoms in total. The molecule has 10 heavy (non-hydrogen) atoms. The zero-order chi connectivity index (χ0) is 6.69. The third kappa shape index (κ3) is 2.51. The minimum atomic E-state index is 0. The zero-order valence-corrected chi connectivity index (χ0v) is 8.58. The SMILES string of the molecule is CC(CO)C1C=CC=C1.[Zr]. The fourth-order valence-corrected chi connectivity index (χ4v) is 0.950. The van der Waals surface area contributed by atoms with E-state index < -0.39 is 0 Å². The fourth-order valence-electron chi connectivity index (χ4n) is 0.950. The number of aliphatic hydroxyl groups excluding tert-OH is 1. The van der Waals surface area contributed by atoms with Crippen LogP contribution in [-0.4, -0.2) is 11.7 Å². The van der Waals surface area contributed by atoms with E-state index in [2.05, 4.69) is 12.2 Å². The van der Waals surface area contributed by atoms with Gasteiger partial charge in [-0.1, -0.05) is 31.2 Å². The number of hydrogen-bond donors (Lipinski definition) is 1. The molecule has 54 valence electrons. The first-order valence-electron chi connectivity index (χ1n) is 3.30. The van der Waals surface area contributed by atoms with Gasteiger partial charge in [-0.2, -0.15) is 0 Å². The normalized spacial score (nSPS) is 19.0. The zero-order valence-electron chi connectivity index (χ0n) is 6.12. The monoisotopic (exact) mass is 214 g/mol. The first-order chi connectivity index (χ1) is 4.34. The molecule has 2 heteroatoms. The summed E-state index contributed by atoms with van der Waals surface area (Å²) in [6.07, 6.45) is 8.27. The van der Waals surface area contributed by atoms with E-state index in [1.807, 2.05) is 19.1 Å². The van der Waals surface area contributed by atoms with Gasteiger partial charge in [0.2, 0.25) is 0 Å². The Morgan fingerprint density at radius 3 is 2.30 bits per heavy atom. The van der Waals surface area contributed by atoms with Crippen molar-refractivity contribution in [2.45, 2.75) is 6.92 Å². The molecule has 0 amide bonds. The Hall–Kier alpha value is 0.323. The van der Waals surface area contributed by atoms with Crippen molar-refractivity contribution >= 4 is 0 Å². The Morgan fingerprint density at radius 2 is 1.90 bits per heavy atom. The topological polar surface area (TPSA) is 20.2 Å². The van der Waals surface area contributed by atoms with E-state index in [-0.39, 0.29) is 32.8 Å². The van der Waals surface area contributed by atoms with Crippen LogP contribution in [0.25, 0.3) is 0 Å². The van der Waals surface area contributed by atoms with Crippen molar-refractivity contribution in [3.05, 3.63) is 24.3 Å². The van der Waals surface area contributed by atoms with E-state index in [9.17, 15) is 0 Å². The summed E-state index contributed by atoms with van der Waals surface area (Å²) in [6, 6.07) is 0. The van der Waals surface area contributed by atoms with Gasteiger partial charge < -0.3 is 5.11 Å². The van der Waals surface area contributed by atoms with Gasteiger partial charge in [0.15, 0.2) is 0 Å². The molecule has 1 N–H and O–H groups in total. The fraction of sp³-hybridized carbons (Fsp3) is 0.500. The van der Waals surface area contributed by atoms with Crippen molar-refractivity contribution in [2.75, 3.05) is 6.61 Å². The molecule has 0 fully saturated rings. The maximum Gasteiger partial charge on any atom is 0.0465 e. The smallest absolute Gasteiger partial charge is 0.0465 e. The van der Waals surface area contributed by atoms with E-state index in [0.717, 1.165) is 0 Å². The molecule has 0 aliphatic heterocycles. The van der Waals surface area contributed by atoms with E-state index in [1.54, 1.807) is 0 Å². The van der Waals surface area contributed by atoms with Gasteiger partial charge in [-0.05, 0) is 5.92 Å². The van der Waals surface area contributed by atoms with Gasteiger partial charge in [0.05, 0.1) is 0 Å². The second-order valence-electron chi connectivity index (χ2n) is 2.51. The molecule has 0 saturated carbocycles. The number of rotatable bonds is 2. The summed E-state index contributed by atoms with van der Waals surface area (Å²) in [5.41, 5.74) is 0. The summed E-state index contributed by atoms with van der Waals surface area (Å²) in [5, 5.41) is 8.73. The Morgan fingerprint density at radius 1 is 1.40 bits per heavy atom. The molecular weight excluding hydrogens is 203 g/mol. The average molecular weight is 215 g/mol. The maximum atomic E-state index is 8.73. The summed E-state index contributed by atoms with van der Waals surface area (Å²) >= 11 is 0. The van der Waals surface area contributed by atoms with E-state index in [4.69, 9.17) is 5.11 Å². The third-order valence-corrected chi connectivity index (χ3v) is 1.72. The second-order valence-corrected chi connectivity index (χ2v) is 2.51. The number of allylic oxidation sites excluding steroid dienone is 4. The van der Waals surface area contributed by atoms with Crippen LogP contribution in [-0.2, 0) is 26.2 Å². The predicted molar refractivity (Wildman–Crippen MR) is 38.0 cm³/mol. The predicted octanol–water partition coefficient (Wildman–Crippen LogP) is 1.35. The Labute approximate surface area is 81.0 Å². The summed E-state index contributed by atoms with van der Waals surface area (Å²) in [5.74, 6) is 0.843. The largest absolute Gasteiger partial charge is 0.396 e. The van der Waals surface area contributed by atoms with Crippen LogP contribution in [0, 0.1) is 11.8 Å². The minimum absolute atomic E-state index is 0. The van der Waals surface area contributed by atoms with Crippen LogP contribution < -0.4 is 0 Å². The molecule has 0 aromatic carbocycles. The van der Waals surface area contributed by atoms with Crippen LogP contribution in [0.4, 0.5) is 0 Å². The van der Waals surface area contributed by atoms with Crippen molar-refractivity contribution in [3.63, 3.8) is 0 Å². The van der Waals surface area contributed by atoms with Crippen LogP contribution in [0.2, 0.25) is 0 Å². The van der Waals surface area contributed by atoms with E-state index in [0.29, 0.717) is 11.8 Å². The van der Waals surface area contributed by atoms with Gasteiger partial charge in [0.1, 0.15) is 0 Å². The van der Waals surface area contributed by atoms with Crippen molar-refractivity contribution in [3.8, 4) is 0 Å². The first kappa shape index (κ1) is 10.3. The first-order valence-corrected chi connectivity index (χ1v) is 3.30. The molecule has 0 saturated heterocycles. The van der Waals surface area contributed by atoms with Crippen molar-refractivity contribution in [2.24, 2.45) is 11.8 Å². The summed E-state index contributed by atoms with van der Waals surface area (Å²) in [6.45, 7) is 2.32. The maximum absolute atomic E-state index is 8.73. The summed E-state index contributed by atoms with van der Waals surface area (Å²) in [4.78, 5) is 0. The number of hydrogen-bond acceptors (Lipinski definition) is 1. The van der Waals surface area contributed by atoms with Crippen LogP contribution >= 0.6 is 0 Å². The minimum Gasteiger partial charge on any atom is -0.396 e. The Kier molecular flexibility index (Phi) is 5.20. The molecule has 1 aliphatic rings. The van der Waals surface area contributed by atoms with Crippen LogP contribution in [0.3, 0.4) is 0 Å². The van der Waals surface area contributed by atoms with Gasteiger partial charge in [-0.3, -0.25) is 0 Å². The molecule has 0 bridgehead atoms. The quantitative estimate of drug-likeness (QED) is 0.737. The van der Waals surface area contributed by atoms with E-state index >= 15 is 0 Å². The van der Waals surface area contributed by atoms with E-state index in [1.165, 1.54) is 0 Å². The van der Waals surface area contributed by atoms with Crippen LogP contribution in [0.15, 0.2) is 24.3 Å². The summed E-state index contributed by atoms with van der Waals surface area (Å²) < 4.78 is 0. The van der Waals surface area contributed by atoms with Gasteiger partial charge in [-0.25, -0.2) is 0 Å². The standard InChI is InChI=1S/C8H12O.Zr/c1-7(6-9)8-4-2-3-5-8;/h2-5,7-9H,6H2,1H3;. The third-order valence-electron chi connectivity index (χ3n) is 1.72. The molecular formula is C8H12OZr.